The van der Waals surface area contributed by atoms with Crippen LogP contribution in [0, 0.1) is 6.92 Å². The summed E-state index contributed by atoms with van der Waals surface area (Å²) in [6.45, 7) is 5.95. The highest BCUT2D eigenvalue weighted by Crippen LogP contribution is 2.25. The van der Waals surface area contributed by atoms with Gasteiger partial charge in [0, 0.05) is 32.1 Å². The summed E-state index contributed by atoms with van der Waals surface area (Å²) in [6, 6.07) is 0. The number of hydrogen-bond donors (Lipinski definition) is 0. The minimum atomic E-state index is 0.119. The van der Waals surface area contributed by atoms with Crippen molar-refractivity contribution in [2.45, 2.75) is 33.1 Å². The van der Waals surface area contributed by atoms with Gasteiger partial charge in [-0.3, -0.25) is 4.79 Å². The van der Waals surface area contributed by atoms with E-state index in [1.807, 2.05) is 18.9 Å². The van der Waals surface area contributed by atoms with Crippen molar-refractivity contribution in [3.05, 3.63) is 16.5 Å². The second-order valence-electron chi connectivity index (χ2n) is 5.22. The number of aromatic nitrogens is 2. The highest BCUT2D eigenvalue weighted by atomic mass is 35.5. The number of hydrogen-bond acceptors (Lipinski definition) is 4. The van der Waals surface area contributed by atoms with Gasteiger partial charge in [-0.1, -0.05) is 18.5 Å². The number of anilines is 1. The van der Waals surface area contributed by atoms with Crippen LogP contribution in [0.25, 0.3) is 0 Å². The van der Waals surface area contributed by atoms with Gasteiger partial charge in [0.05, 0.1) is 6.54 Å². The number of carbonyl (C=O) groups excluding carboxylic acids is 1. The lowest BCUT2D eigenvalue weighted by atomic mass is 10.2. The Morgan fingerprint density at radius 1 is 1.30 bits per heavy atom. The molecule has 1 aliphatic heterocycles. The van der Waals surface area contributed by atoms with E-state index in [0.717, 1.165) is 49.6 Å². The third-order valence-corrected chi connectivity index (χ3v) is 3.92. The van der Waals surface area contributed by atoms with Crippen molar-refractivity contribution >= 4 is 23.3 Å². The lowest BCUT2D eigenvalue weighted by Crippen LogP contribution is -2.35. The monoisotopic (exact) mass is 296 g/mol. The summed E-state index contributed by atoms with van der Waals surface area (Å²) >= 11 is 6.21. The SMILES string of the molecule is CCCc1nc(Cl)c(C)c(N2CCCN(C)C(=O)C2)n1. The normalized spacial score (nSPS) is 16.5. The van der Waals surface area contributed by atoms with E-state index in [2.05, 4.69) is 16.9 Å². The molecule has 0 unspecified atom stereocenters. The molecule has 1 aromatic rings. The first-order valence-electron chi connectivity index (χ1n) is 7.04. The molecule has 0 atom stereocenters. The van der Waals surface area contributed by atoms with Gasteiger partial charge in [-0.05, 0) is 19.8 Å². The van der Waals surface area contributed by atoms with Crippen molar-refractivity contribution in [3.63, 3.8) is 0 Å². The molecule has 20 heavy (non-hydrogen) atoms. The Balaban J connectivity index is 2.32. The highest BCUT2D eigenvalue weighted by Gasteiger charge is 2.22. The van der Waals surface area contributed by atoms with Crippen LogP contribution >= 0.6 is 11.6 Å². The van der Waals surface area contributed by atoms with Gasteiger partial charge in [-0.15, -0.1) is 0 Å². The van der Waals surface area contributed by atoms with Gasteiger partial charge in [0.25, 0.3) is 0 Å². The highest BCUT2D eigenvalue weighted by molar-refractivity contribution is 6.30. The van der Waals surface area contributed by atoms with Crippen molar-refractivity contribution in [1.82, 2.24) is 14.9 Å². The van der Waals surface area contributed by atoms with E-state index in [-0.39, 0.29) is 5.91 Å². The maximum atomic E-state index is 12.0. The van der Waals surface area contributed by atoms with Crippen molar-refractivity contribution < 1.29 is 4.79 Å². The molecule has 1 aliphatic rings. The number of halogens is 1. The second-order valence-corrected chi connectivity index (χ2v) is 5.58. The molecule has 1 saturated heterocycles. The molecule has 1 fully saturated rings. The molecule has 110 valence electrons. The van der Waals surface area contributed by atoms with Gasteiger partial charge < -0.3 is 9.80 Å². The molecule has 0 spiro atoms. The van der Waals surface area contributed by atoms with Gasteiger partial charge in [0.1, 0.15) is 16.8 Å². The molecule has 1 amide bonds. The van der Waals surface area contributed by atoms with E-state index in [0.29, 0.717) is 11.7 Å². The third-order valence-electron chi connectivity index (χ3n) is 3.55. The molecule has 2 rings (SSSR count). The van der Waals surface area contributed by atoms with Gasteiger partial charge in [-0.2, -0.15) is 0 Å². The van der Waals surface area contributed by atoms with Crippen molar-refractivity contribution in [1.29, 1.82) is 0 Å². The smallest absolute Gasteiger partial charge is 0.241 e. The van der Waals surface area contributed by atoms with Crippen molar-refractivity contribution in [2.75, 3.05) is 31.6 Å². The van der Waals surface area contributed by atoms with Crippen LogP contribution in [0.2, 0.25) is 5.15 Å². The van der Waals surface area contributed by atoms with Crippen molar-refractivity contribution in [3.8, 4) is 0 Å². The Labute approximate surface area is 124 Å². The predicted octanol–water partition coefficient (Wildman–Crippen LogP) is 2.06. The van der Waals surface area contributed by atoms with Gasteiger partial charge >= 0.3 is 0 Å². The van der Waals surface area contributed by atoms with E-state index in [9.17, 15) is 4.79 Å². The molecule has 1 aromatic heterocycles. The third kappa shape index (κ3) is 3.20. The summed E-state index contributed by atoms with van der Waals surface area (Å²) in [5.74, 6) is 1.67. The van der Waals surface area contributed by atoms with Crippen LogP contribution in [0.15, 0.2) is 0 Å². The fourth-order valence-corrected chi connectivity index (χ4v) is 2.51. The van der Waals surface area contributed by atoms with Crippen LogP contribution in [-0.4, -0.2) is 47.5 Å². The fraction of sp³-hybridized carbons (Fsp3) is 0.643. The van der Waals surface area contributed by atoms with E-state index in [1.54, 1.807) is 4.90 Å². The number of rotatable bonds is 3. The zero-order valence-electron chi connectivity index (χ0n) is 12.3. The number of amides is 1. The summed E-state index contributed by atoms with van der Waals surface area (Å²) in [4.78, 5) is 24.7. The zero-order chi connectivity index (χ0) is 14.7. The molecule has 5 nitrogen and oxygen atoms in total. The fourth-order valence-electron chi connectivity index (χ4n) is 2.33. The zero-order valence-corrected chi connectivity index (χ0v) is 13.1. The number of carbonyl (C=O) groups is 1. The average Bonchev–Trinajstić information content (AvgIpc) is 2.57. The van der Waals surface area contributed by atoms with Crippen LogP contribution in [0.4, 0.5) is 5.82 Å². The Kier molecular flexibility index (Phi) is 4.81. The van der Waals surface area contributed by atoms with Crippen LogP contribution in [-0.2, 0) is 11.2 Å². The topological polar surface area (TPSA) is 49.3 Å². The summed E-state index contributed by atoms with van der Waals surface area (Å²) in [5.41, 5.74) is 0.851. The number of likely N-dealkylation sites (N-methyl/N-ethyl adjacent to an activating group) is 1. The summed E-state index contributed by atoms with van der Waals surface area (Å²) in [7, 11) is 1.84. The predicted molar refractivity (Wildman–Crippen MR) is 80.2 cm³/mol. The van der Waals surface area contributed by atoms with E-state index < -0.39 is 0 Å². The maximum Gasteiger partial charge on any atom is 0.241 e. The van der Waals surface area contributed by atoms with E-state index >= 15 is 0 Å². The van der Waals surface area contributed by atoms with E-state index in [4.69, 9.17) is 11.6 Å². The standard InChI is InChI=1S/C14H21ClN4O/c1-4-6-11-16-13(15)10(2)14(17-11)19-8-5-7-18(3)12(20)9-19/h4-9H2,1-3H3. The van der Waals surface area contributed by atoms with E-state index in [1.165, 1.54) is 0 Å². The van der Waals surface area contributed by atoms with Gasteiger partial charge in [0.15, 0.2) is 0 Å². The lowest BCUT2D eigenvalue weighted by molar-refractivity contribution is -0.127. The molecule has 0 bridgehead atoms. The molecule has 0 N–H and O–H groups in total. The Bertz CT molecular complexity index is 506. The van der Waals surface area contributed by atoms with Crippen LogP contribution in [0.5, 0.6) is 0 Å². The molecule has 0 aliphatic carbocycles. The first-order valence-corrected chi connectivity index (χ1v) is 7.42. The first-order chi connectivity index (χ1) is 9.52. The van der Waals surface area contributed by atoms with Crippen LogP contribution in [0.3, 0.4) is 0 Å². The van der Waals surface area contributed by atoms with Gasteiger partial charge in [0.2, 0.25) is 5.91 Å². The largest absolute Gasteiger partial charge is 0.347 e. The summed E-state index contributed by atoms with van der Waals surface area (Å²) in [5, 5.41) is 0.489. The van der Waals surface area contributed by atoms with Gasteiger partial charge in [-0.25, -0.2) is 9.97 Å². The molecular weight excluding hydrogens is 276 g/mol. The number of aryl methyl sites for hydroxylation is 1. The molecule has 6 heteroatoms. The number of nitrogens with zero attached hydrogens (tertiary/aromatic N) is 4. The Hall–Kier alpha value is -1.36. The minimum absolute atomic E-state index is 0.119. The lowest BCUT2D eigenvalue weighted by Gasteiger charge is -2.23. The Morgan fingerprint density at radius 3 is 2.75 bits per heavy atom. The van der Waals surface area contributed by atoms with Crippen molar-refractivity contribution in [2.24, 2.45) is 0 Å². The average molecular weight is 297 g/mol. The molecule has 0 saturated carbocycles. The molecule has 0 aromatic carbocycles. The van der Waals surface area contributed by atoms with Crippen LogP contribution in [0.1, 0.15) is 31.2 Å². The maximum absolute atomic E-state index is 12.0. The quantitative estimate of drug-likeness (QED) is 0.801. The first kappa shape index (κ1) is 15.0. The minimum Gasteiger partial charge on any atom is -0.347 e. The summed E-state index contributed by atoms with van der Waals surface area (Å²) < 4.78 is 0. The molecule has 0 radical (unpaired) electrons. The summed E-state index contributed by atoms with van der Waals surface area (Å²) in [6.07, 6.45) is 2.71. The second kappa shape index (κ2) is 6.39. The Morgan fingerprint density at radius 2 is 2.05 bits per heavy atom. The molecule has 2 heterocycles. The molecular formula is C14H21ClN4O. The van der Waals surface area contributed by atoms with Crippen LogP contribution < -0.4 is 4.90 Å².